The number of methoxy groups -OCH3 is 1. The highest BCUT2D eigenvalue weighted by atomic mass is 16.6. The fourth-order valence-electron chi connectivity index (χ4n) is 1.89. The van der Waals surface area contributed by atoms with Crippen LogP contribution in [-0.4, -0.2) is 46.8 Å². The van der Waals surface area contributed by atoms with E-state index in [2.05, 4.69) is 26.8 Å². The van der Waals surface area contributed by atoms with Crippen LogP contribution in [0.3, 0.4) is 0 Å². The van der Waals surface area contributed by atoms with Crippen molar-refractivity contribution in [2.24, 2.45) is 0 Å². The van der Waals surface area contributed by atoms with Gasteiger partial charge in [-0.05, 0) is 17.0 Å². The summed E-state index contributed by atoms with van der Waals surface area (Å²) in [6.07, 6.45) is 0. The van der Waals surface area contributed by atoms with Gasteiger partial charge in [0.2, 0.25) is 0 Å². The number of para-hydroxylation sites is 1. The molecule has 1 rings (SSSR count). The van der Waals surface area contributed by atoms with E-state index in [0.29, 0.717) is 39.6 Å². The summed E-state index contributed by atoms with van der Waals surface area (Å²) in [5.41, 5.74) is 1.29. The van der Waals surface area contributed by atoms with Gasteiger partial charge in [-0.15, -0.1) is 0 Å². The molecule has 4 nitrogen and oxygen atoms in total. The Kier molecular flexibility index (Phi) is 8.35. The molecule has 0 atom stereocenters. The number of benzene rings is 1. The first-order valence-corrected chi connectivity index (χ1v) is 7.42. The van der Waals surface area contributed by atoms with Crippen molar-refractivity contribution in [3.8, 4) is 5.75 Å². The topological polar surface area (TPSA) is 36.9 Å². The Morgan fingerprint density at radius 1 is 0.810 bits per heavy atom. The molecule has 0 amide bonds. The van der Waals surface area contributed by atoms with Crippen LogP contribution in [0.5, 0.6) is 5.75 Å². The highest BCUT2D eigenvalue weighted by Gasteiger charge is 2.18. The Balaban J connectivity index is 2.19. The van der Waals surface area contributed by atoms with Gasteiger partial charge in [-0.2, -0.15) is 0 Å². The SMILES string of the molecule is COCCOCCOCCOc1ccccc1C(C)(C)C. The van der Waals surface area contributed by atoms with Crippen molar-refractivity contribution in [2.45, 2.75) is 26.2 Å². The quantitative estimate of drug-likeness (QED) is 0.622. The molecule has 0 aromatic heterocycles. The predicted molar refractivity (Wildman–Crippen MR) is 84.2 cm³/mol. The Morgan fingerprint density at radius 3 is 2.00 bits per heavy atom. The van der Waals surface area contributed by atoms with E-state index in [1.54, 1.807) is 7.11 Å². The molecule has 0 fully saturated rings. The maximum atomic E-state index is 5.82. The maximum Gasteiger partial charge on any atom is 0.123 e. The van der Waals surface area contributed by atoms with Crippen LogP contribution >= 0.6 is 0 Å². The molecule has 0 aliphatic carbocycles. The summed E-state index contributed by atoms with van der Waals surface area (Å²) >= 11 is 0. The lowest BCUT2D eigenvalue weighted by Crippen LogP contribution is -2.16. The molecule has 0 aliphatic rings. The largest absolute Gasteiger partial charge is 0.491 e. The van der Waals surface area contributed by atoms with Crippen molar-refractivity contribution < 1.29 is 18.9 Å². The highest BCUT2D eigenvalue weighted by Crippen LogP contribution is 2.30. The molecule has 0 N–H and O–H groups in total. The van der Waals surface area contributed by atoms with Gasteiger partial charge >= 0.3 is 0 Å². The van der Waals surface area contributed by atoms with Gasteiger partial charge in [0.15, 0.2) is 0 Å². The second kappa shape index (κ2) is 9.77. The van der Waals surface area contributed by atoms with Gasteiger partial charge < -0.3 is 18.9 Å². The van der Waals surface area contributed by atoms with E-state index in [1.165, 1.54) is 5.56 Å². The first-order valence-electron chi connectivity index (χ1n) is 7.42. The number of ether oxygens (including phenoxy) is 4. The van der Waals surface area contributed by atoms with Crippen LogP contribution in [0.4, 0.5) is 0 Å². The number of rotatable bonds is 10. The molecule has 0 saturated heterocycles. The van der Waals surface area contributed by atoms with Crippen LogP contribution in [0.1, 0.15) is 26.3 Å². The van der Waals surface area contributed by atoms with E-state index >= 15 is 0 Å². The van der Waals surface area contributed by atoms with Crippen molar-refractivity contribution >= 4 is 0 Å². The van der Waals surface area contributed by atoms with E-state index in [0.717, 1.165) is 5.75 Å². The van der Waals surface area contributed by atoms with Gasteiger partial charge in [0.1, 0.15) is 12.4 Å². The van der Waals surface area contributed by atoms with Crippen molar-refractivity contribution in [1.82, 2.24) is 0 Å². The van der Waals surface area contributed by atoms with Gasteiger partial charge in [-0.25, -0.2) is 0 Å². The summed E-state index contributed by atoms with van der Waals surface area (Å²) in [5.74, 6) is 0.935. The van der Waals surface area contributed by atoms with Crippen LogP contribution in [0.2, 0.25) is 0 Å². The third kappa shape index (κ3) is 7.46. The zero-order valence-electron chi connectivity index (χ0n) is 13.7. The molecule has 21 heavy (non-hydrogen) atoms. The summed E-state index contributed by atoms with van der Waals surface area (Å²) < 4.78 is 21.5. The smallest absolute Gasteiger partial charge is 0.123 e. The first-order chi connectivity index (χ1) is 10.1. The second-order valence-electron chi connectivity index (χ2n) is 5.81. The van der Waals surface area contributed by atoms with Gasteiger partial charge in [0.05, 0.1) is 33.0 Å². The minimum absolute atomic E-state index is 0.0760. The number of hydrogen-bond acceptors (Lipinski definition) is 4. The predicted octanol–water partition coefficient (Wildman–Crippen LogP) is 3.04. The Hall–Kier alpha value is -1.10. The zero-order valence-corrected chi connectivity index (χ0v) is 13.7. The van der Waals surface area contributed by atoms with E-state index in [9.17, 15) is 0 Å². The van der Waals surface area contributed by atoms with Crippen LogP contribution in [0, 0.1) is 0 Å². The average molecular weight is 296 g/mol. The Labute approximate surface area is 128 Å². The van der Waals surface area contributed by atoms with Crippen LogP contribution in [0.15, 0.2) is 24.3 Å². The summed E-state index contributed by atoms with van der Waals surface area (Å²) in [6.45, 7) is 10.0. The lowest BCUT2D eigenvalue weighted by atomic mass is 9.86. The minimum atomic E-state index is 0.0760. The standard InChI is InChI=1S/C17H28O4/c1-17(2,3)15-7-5-6-8-16(15)21-14-13-20-12-11-19-10-9-18-4/h5-8H,9-14H2,1-4H3. The van der Waals surface area contributed by atoms with Gasteiger partial charge in [0.25, 0.3) is 0 Å². The van der Waals surface area contributed by atoms with E-state index < -0.39 is 0 Å². The van der Waals surface area contributed by atoms with E-state index in [4.69, 9.17) is 18.9 Å². The van der Waals surface area contributed by atoms with E-state index in [1.807, 2.05) is 18.2 Å². The van der Waals surface area contributed by atoms with Crippen molar-refractivity contribution in [2.75, 3.05) is 46.8 Å². The Morgan fingerprint density at radius 2 is 1.38 bits per heavy atom. The molecule has 0 aliphatic heterocycles. The lowest BCUT2D eigenvalue weighted by Gasteiger charge is -2.22. The molecule has 0 radical (unpaired) electrons. The molecule has 0 unspecified atom stereocenters. The zero-order chi connectivity index (χ0) is 15.6. The minimum Gasteiger partial charge on any atom is -0.491 e. The summed E-state index contributed by atoms with van der Waals surface area (Å²) in [6, 6.07) is 8.16. The molecule has 0 heterocycles. The second-order valence-corrected chi connectivity index (χ2v) is 5.81. The fourth-order valence-corrected chi connectivity index (χ4v) is 1.89. The highest BCUT2D eigenvalue weighted by molar-refractivity contribution is 5.38. The molecule has 0 bridgehead atoms. The molecule has 0 spiro atoms. The van der Waals surface area contributed by atoms with Gasteiger partial charge in [-0.1, -0.05) is 39.0 Å². The Bertz CT molecular complexity index is 385. The molecule has 4 heteroatoms. The normalized spacial score (nSPS) is 11.6. The third-order valence-electron chi connectivity index (χ3n) is 2.98. The number of hydrogen-bond donors (Lipinski definition) is 0. The third-order valence-corrected chi connectivity index (χ3v) is 2.98. The van der Waals surface area contributed by atoms with Crippen LogP contribution in [-0.2, 0) is 19.6 Å². The van der Waals surface area contributed by atoms with Crippen molar-refractivity contribution in [3.05, 3.63) is 29.8 Å². The summed E-state index contributed by atoms with van der Waals surface area (Å²) in [4.78, 5) is 0. The average Bonchev–Trinajstić information content (AvgIpc) is 2.45. The first kappa shape index (κ1) is 18.0. The molecule has 1 aromatic rings. The van der Waals surface area contributed by atoms with Crippen LogP contribution < -0.4 is 4.74 Å². The molecular formula is C17H28O4. The summed E-state index contributed by atoms with van der Waals surface area (Å²) in [5, 5.41) is 0. The molecule has 1 aromatic carbocycles. The monoisotopic (exact) mass is 296 g/mol. The maximum absolute atomic E-state index is 5.82. The van der Waals surface area contributed by atoms with Crippen molar-refractivity contribution in [1.29, 1.82) is 0 Å². The van der Waals surface area contributed by atoms with E-state index in [-0.39, 0.29) is 5.41 Å². The molecular weight excluding hydrogens is 268 g/mol. The lowest BCUT2D eigenvalue weighted by molar-refractivity contribution is 0.0178. The van der Waals surface area contributed by atoms with Crippen LogP contribution in [0.25, 0.3) is 0 Å². The van der Waals surface area contributed by atoms with Crippen molar-refractivity contribution in [3.63, 3.8) is 0 Å². The fraction of sp³-hybridized carbons (Fsp3) is 0.647. The van der Waals surface area contributed by atoms with Gasteiger partial charge in [-0.3, -0.25) is 0 Å². The molecule has 0 saturated carbocycles. The summed E-state index contributed by atoms with van der Waals surface area (Å²) in [7, 11) is 1.66. The molecule has 120 valence electrons. The van der Waals surface area contributed by atoms with Gasteiger partial charge in [0, 0.05) is 7.11 Å².